The van der Waals surface area contributed by atoms with E-state index in [1.54, 1.807) is 18.3 Å². The van der Waals surface area contributed by atoms with E-state index in [0.717, 1.165) is 18.8 Å². The van der Waals surface area contributed by atoms with E-state index in [1.165, 1.54) is 12.8 Å². The van der Waals surface area contributed by atoms with Crippen molar-refractivity contribution < 1.29 is 4.79 Å². The van der Waals surface area contributed by atoms with Gasteiger partial charge in [0.05, 0.1) is 5.56 Å². The van der Waals surface area contributed by atoms with E-state index in [9.17, 15) is 4.79 Å². The van der Waals surface area contributed by atoms with Gasteiger partial charge in [0.15, 0.2) is 0 Å². The first-order chi connectivity index (χ1) is 9.38. The Hall–Kier alpha value is -1.09. The highest BCUT2D eigenvalue weighted by Crippen LogP contribution is 2.37. The van der Waals surface area contributed by atoms with Crippen molar-refractivity contribution in [1.82, 2.24) is 10.3 Å². The molecule has 0 saturated heterocycles. The van der Waals surface area contributed by atoms with Crippen molar-refractivity contribution in [2.75, 3.05) is 0 Å². The Morgan fingerprint density at radius 2 is 1.95 bits per heavy atom. The topological polar surface area (TPSA) is 42.0 Å². The molecule has 1 N–H and O–H groups in total. The minimum atomic E-state index is -0.109. The molecular weight excluding hydrogens is 272 g/mol. The second kappa shape index (κ2) is 6.13. The van der Waals surface area contributed by atoms with Crippen molar-refractivity contribution in [1.29, 1.82) is 0 Å². The van der Waals surface area contributed by atoms with Gasteiger partial charge in [-0.2, -0.15) is 0 Å². The minimum absolute atomic E-state index is 0.109. The van der Waals surface area contributed by atoms with Crippen LogP contribution in [0.15, 0.2) is 18.3 Å². The van der Waals surface area contributed by atoms with Crippen LogP contribution in [0.3, 0.4) is 0 Å². The SMILES string of the molecule is CC(C)(C)C1CCC(NC(=O)c2cccnc2Cl)CC1. The lowest BCUT2D eigenvalue weighted by atomic mass is 9.71. The monoisotopic (exact) mass is 294 g/mol. The molecule has 0 unspecified atom stereocenters. The molecule has 0 spiro atoms. The van der Waals surface area contributed by atoms with Crippen LogP contribution in [-0.2, 0) is 0 Å². The Bertz CT molecular complexity index is 474. The van der Waals surface area contributed by atoms with E-state index in [1.807, 2.05) is 0 Å². The van der Waals surface area contributed by atoms with Gasteiger partial charge in [0.2, 0.25) is 0 Å². The summed E-state index contributed by atoms with van der Waals surface area (Å²) in [6, 6.07) is 3.71. The number of hydrogen-bond acceptors (Lipinski definition) is 2. The fourth-order valence-electron chi connectivity index (χ4n) is 2.92. The van der Waals surface area contributed by atoms with Crippen LogP contribution < -0.4 is 5.32 Å². The fraction of sp³-hybridized carbons (Fsp3) is 0.625. The zero-order chi connectivity index (χ0) is 14.8. The number of aromatic nitrogens is 1. The predicted octanol–water partition coefficient (Wildman–Crippen LogP) is 4.07. The summed E-state index contributed by atoms with van der Waals surface area (Å²) in [5.41, 5.74) is 0.828. The van der Waals surface area contributed by atoms with Crippen molar-refractivity contribution in [3.8, 4) is 0 Å². The van der Waals surface area contributed by atoms with Crippen LogP contribution in [-0.4, -0.2) is 16.9 Å². The Balaban J connectivity index is 1.90. The molecule has 0 aliphatic heterocycles. The minimum Gasteiger partial charge on any atom is -0.349 e. The van der Waals surface area contributed by atoms with Gasteiger partial charge in [-0.1, -0.05) is 32.4 Å². The second-order valence-corrected chi connectivity index (χ2v) is 7.09. The summed E-state index contributed by atoms with van der Waals surface area (Å²) >= 11 is 5.95. The summed E-state index contributed by atoms with van der Waals surface area (Å²) in [5.74, 6) is 0.639. The van der Waals surface area contributed by atoms with Crippen LogP contribution in [0.5, 0.6) is 0 Å². The van der Waals surface area contributed by atoms with Gasteiger partial charge in [0.25, 0.3) is 5.91 Å². The quantitative estimate of drug-likeness (QED) is 0.836. The number of pyridine rings is 1. The van der Waals surface area contributed by atoms with Crippen LogP contribution in [0.25, 0.3) is 0 Å². The predicted molar refractivity (Wildman–Crippen MR) is 81.9 cm³/mol. The van der Waals surface area contributed by atoms with E-state index in [0.29, 0.717) is 11.0 Å². The summed E-state index contributed by atoms with van der Waals surface area (Å²) < 4.78 is 0. The Morgan fingerprint density at radius 3 is 2.50 bits per heavy atom. The number of rotatable bonds is 2. The first kappa shape index (κ1) is 15.3. The highest BCUT2D eigenvalue weighted by atomic mass is 35.5. The molecule has 2 rings (SSSR count). The lowest BCUT2D eigenvalue weighted by molar-refractivity contribution is 0.0904. The van der Waals surface area contributed by atoms with Gasteiger partial charge in [0, 0.05) is 12.2 Å². The molecule has 0 atom stereocenters. The van der Waals surface area contributed by atoms with Crippen LogP contribution in [0.1, 0.15) is 56.8 Å². The number of amides is 1. The first-order valence-electron chi connectivity index (χ1n) is 7.29. The highest BCUT2D eigenvalue weighted by Gasteiger charge is 2.30. The number of hydrogen-bond donors (Lipinski definition) is 1. The van der Waals surface area contributed by atoms with Gasteiger partial charge in [-0.3, -0.25) is 4.79 Å². The standard InChI is InChI=1S/C16H23ClN2O/c1-16(2,3)11-6-8-12(9-7-11)19-15(20)13-5-4-10-18-14(13)17/h4-5,10-12H,6-9H2,1-3H3,(H,19,20). The summed E-state index contributed by atoms with van der Waals surface area (Å²) in [6.07, 6.45) is 6.04. The Morgan fingerprint density at radius 1 is 1.30 bits per heavy atom. The van der Waals surface area contributed by atoms with E-state index >= 15 is 0 Å². The van der Waals surface area contributed by atoms with E-state index in [-0.39, 0.29) is 17.1 Å². The van der Waals surface area contributed by atoms with Crippen LogP contribution in [0, 0.1) is 11.3 Å². The maximum atomic E-state index is 12.2. The number of nitrogens with zero attached hydrogens (tertiary/aromatic N) is 1. The summed E-state index contributed by atoms with van der Waals surface area (Å²) in [6.45, 7) is 6.89. The molecule has 110 valence electrons. The molecule has 0 radical (unpaired) electrons. The number of carbonyl (C=O) groups excluding carboxylic acids is 1. The van der Waals surface area contributed by atoms with Crippen molar-refractivity contribution in [2.24, 2.45) is 11.3 Å². The molecule has 1 amide bonds. The normalized spacial score (nSPS) is 23.4. The molecule has 3 nitrogen and oxygen atoms in total. The third kappa shape index (κ3) is 3.72. The van der Waals surface area contributed by atoms with Crippen LogP contribution in [0.4, 0.5) is 0 Å². The number of nitrogens with one attached hydrogen (secondary N) is 1. The van der Waals surface area contributed by atoms with E-state index < -0.39 is 0 Å². The maximum absolute atomic E-state index is 12.2. The molecule has 1 saturated carbocycles. The summed E-state index contributed by atoms with van der Waals surface area (Å²) in [5, 5.41) is 3.36. The maximum Gasteiger partial charge on any atom is 0.254 e. The molecule has 1 aliphatic carbocycles. The molecule has 1 heterocycles. The molecule has 4 heteroatoms. The fourth-order valence-corrected chi connectivity index (χ4v) is 3.13. The van der Waals surface area contributed by atoms with Gasteiger partial charge in [0.1, 0.15) is 5.15 Å². The smallest absolute Gasteiger partial charge is 0.254 e. The third-order valence-corrected chi connectivity index (χ3v) is 4.59. The van der Waals surface area contributed by atoms with Crippen molar-refractivity contribution in [3.63, 3.8) is 0 Å². The zero-order valence-corrected chi connectivity index (χ0v) is 13.2. The summed E-state index contributed by atoms with van der Waals surface area (Å²) in [7, 11) is 0. The molecular formula is C16H23ClN2O. The second-order valence-electron chi connectivity index (χ2n) is 6.73. The van der Waals surface area contributed by atoms with Gasteiger partial charge in [-0.05, 0) is 49.1 Å². The van der Waals surface area contributed by atoms with Gasteiger partial charge in [-0.15, -0.1) is 0 Å². The zero-order valence-electron chi connectivity index (χ0n) is 12.4. The van der Waals surface area contributed by atoms with E-state index in [2.05, 4.69) is 31.1 Å². The van der Waals surface area contributed by atoms with E-state index in [4.69, 9.17) is 11.6 Å². The first-order valence-corrected chi connectivity index (χ1v) is 7.67. The molecule has 1 fully saturated rings. The average Bonchev–Trinajstić information content (AvgIpc) is 2.38. The molecule has 0 aromatic carbocycles. The average molecular weight is 295 g/mol. The number of carbonyl (C=O) groups is 1. The van der Waals surface area contributed by atoms with Gasteiger partial charge in [-0.25, -0.2) is 4.98 Å². The van der Waals surface area contributed by atoms with Crippen molar-refractivity contribution >= 4 is 17.5 Å². The Kier molecular flexibility index (Phi) is 4.69. The highest BCUT2D eigenvalue weighted by molar-refractivity contribution is 6.32. The molecule has 1 aromatic heterocycles. The molecule has 1 aliphatic rings. The lowest BCUT2D eigenvalue weighted by Gasteiger charge is -2.37. The van der Waals surface area contributed by atoms with Gasteiger partial charge >= 0.3 is 0 Å². The number of halogens is 1. The molecule has 0 bridgehead atoms. The lowest BCUT2D eigenvalue weighted by Crippen LogP contribution is -2.39. The van der Waals surface area contributed by atoms with Crippen LogP contribution >= 0.6 is 11.6 Å². The molecule has 1 aromatic rings. The van der Waals surface area contributed by atoms with Gasteiger partial charge < -0.3 is 5.32 Å². The Labute approximate surface area is 126 Å². The van der Waals surface area contributed by atoms with Crippen LogP contribution in [0.2, 0.25) is 5.15 Å². The molecule has 20 heavy (non-hydrogen) atoms. The van der Waals surface area contributed by atoms with Crippen molar-refractivity contribution in [2.45, 2.75) is 52.5 Å². The largest absolute Gasteiger partial charge is 0.349 e. The van der Waals surface area contributed by atoms with Crippen molar-refractivity contribution in [3.05, 3.63) is 29.0 Å². The summed E-state index contributed by atoms with van der Waals surface area (Å²) in [4.78, 5) is 16.1. The third-order valence-electron chi connectivity index (χ3n) is 4.29.